The summed E-state index contributed by atoms with van der Waals surface area (Å²) in [4.78, 5) is 28.6. The van der Waals surface area contributed by atoms with Gasteiger partial charge in [0.05, 0.1) is 39.0 Å². The number of methoxy groups -OCH3 is 4. The number of ether oxygens (including phenoxy) is 4. The first-order chi connectivity index (χ1) is 21.9. The van der Waals surface area contributed by atoms with E-state index in [4.69, 9.17) is 42.1 Å². The SMILES string of the molecule is CCCCNC(=O)[C@@H](C)N(Cc1c(Cl)cccc1Cl)C(=O)CN(c1cc(OC)ccc1OC)S(=O)(=O)c1ccc(OC)c(OC)c1. The molecule has 0 unspecified atom stereocenters. The number of amides is 2. The van der Waals surface area contributed by atoms with E-state index in [1.165, 1.54) is 63.7 Å². The highest BCUT2D eigenvalue weighted by Gasteiger charge is 2.35. The van der Waals surface area contributed by atoms with Crippen LogP contribution in [0.3, 0.4) is 0 Å². The molecule has 0 aliphatic rings. The van der Waals surface area contributed by atoms with Crippen LogP contribution in [0.5, 0.6) is 23.0 Å². The first kappa shape index (κ1) is 36.6. The van der Waals surface area contributed by atoms with Crippen LogP contribution in [0.15, 0.2) is 59.5 Å². The van der Waals surface area contributed by atoms with Crippen LogP contribution in [0, 0.1) is 0 Å². The van der Waals surface area contributed by atoms with E-state index in [0.29, 0.717) is 23.6 Å². The van der Waals surface area contributed by atoms with E-state index >= 15 is 0 Å². The molecule has 3 aromatic carbocycles. The number of sulfonamides is 1. The highest BCUT2D eigenvalue weighted by atomic mass is 35.5. The Morgan fingerprint density at radius 1 is 0.870 bits per heavy atom. The van der Waals surface area contributed by atoms with Crippen molar-refractivity contribution in [3.05, 3.63) is 70.2 Å². The van der Waals surface area contributed by atoms with Crippen molar-refractivity contribution in [2.24, 2.45) is 0 Å². The van der Waals surface area contributed by atoms with Gasteiger partial charge in [-0.3, -0.25) is 13.9 Å². The molecule has 0 spiro atoms. The van der Waals surface area contributed by atoms with Gasteiger partial charge in [-0.25, -0.2) is 8.42 Å². The lowest BCUT2D eigenvalue weighted by molar-refractivity contribution is -0.139. The molecule has 0 bridgehead atoms. The summed E-state index contributed by atoms with van der Waals surface area (Å²) in [6.07, 6.45) is 1.60. The van der Waals surface area contributed by atoms with Crippen LogP contribution in [-0.2, 0) is 26.2 Å². The molecule has 0 radical (unpaired) electrons. The summed E-state index contributed by atoms with van der Waals surface area (Å²) in [7, 11) is 1.13. The number of carbonyl (C=O) groups is 2. The maximum absolute atomic E-state index is 14.4. The number of nitrogens with zero attached hydrogens (tertiary/aromatic N) is 2. The summed E-state index contributed by atoms with van der Waals surface area (Å²) in [6.45, 7) is 3.07. The summed E-state index contributed by atoms with van der Waals surface area (Å²) in [5.74, 6) is -0.169. The molecule has 11 nitrogen and oxygen atoms in total. The van der Waals surface area contributed by atoms with Crippen molar-refractivity contribution in [2.45, 2.75) is 44.2 Å². The number of benzene rings is 3. The molecule has 46 heavy (non-hydrogen) atoms. The molecule has 3 aromatic rings. The largest absolute Gasteiger partial charge is 0.497 e. The van der Waals surface area contributed by atoms with E-state index < -0.39 is 34.4 Å². The standard InChI is InChI=1S/C32H39Cl2N3O8S/c1-7-8-16-35-32(39)21(2)36(19-24-25(33)10-9-11-26(24)34)31(38)20-37(27-17-22(42-3)12-14-28(27)43-4)46(40,41)23-13-15-29(44-5)30(18-23)45-6/h9-15,17-18,21H,7-8,16,19-20H2,1-6H3,(H,35,39)/t21-/m1/s1. The van der Waals surface area contributed by atoms with Crippen LogP contribution in [0.1, 0.15) is 32.3 Å². The second-order valence-electron chi connectivity index (χ2n) is 10.1. The Labute approximate surface area is 280 Å². The van der Waals surface area contributed by atoms with Crippen LogP contribution in [0.2, 0.25) is 10.0 Å². The average molecular weight is 697 g/mol. The minimum Gasteiger partial charge on any atom is -0.497 e. The monoisotopic (exact) mass is 695 g/mol. The summed E-state index contributed by atoms with van der Waals surface area (Å²) in [6, 6.07) is 12.5. The summed E-state index contributed by atoms with van der Waals surface area (Å²) in [5.41, 5.74) is 0.432. The van der Waals surface area contributed by atoms with E-state index in [2.05, 4.69) is 5.32 Å². The van der Waals surface area contributed by atoms with Crippen molar-refractivity contribution < 1.29 is 37.0 Å². The smallest absolute Gasteiger partial charge is 0.265 e. The molecule has 0 saturated carbocycles. The van der Waals surface area contributed by atoms with E-state index in [1.54, 1.807) is 31.2 Å². The third-order valence-electron chi connectivity index (χ3n) is 7.26. The van der Waals surface area contributed by atoms with Gasteiger partial charge in [-0.15, -0.1) is 0 Å². The molecule has 0 fully saturated rings. The fourth-order valence-electron chi connectivity index (χ4n) is 4.58. The molecule has 1 atom stereocenters. The lowest BCUT2D eigenvalue weighted by Crippen LogP contribution is -2.51. The third-order valence-corrected chi connectivity index (χ3v) is 9.73. The number of hydrogen-bond donors (Lipinski definition) is 1. The van der Waals surface area contributed by atoms with E-state index in [-0.39, 0.29) is 38.7 Å². The van der Waals surface area contributed by atoms with Gasteiger partial charge in [-0.1, -0.05) is 42.6 Å². The normalized spacial score (nSPS) is 11.7. The number of nitrogens with one attached hydrogen (secondary N) is 1. The van der Waals surface area contributed by atoms with E-state index in [1.807, 2.05) is 6.92 Å². The second kappa shape index (κ2) is 16.6. The Kier molecular flexibility index (Phi) is 13.2. The lowest BCUT2D eigenvalue weighted by Gasteiger charge is -2.32. The molecule has 0 aliphatic heterocycles. The van der Waals surface area contributed by atoms with Crippen LogP contribution >= 0.6 is 23.2 Å². The first-order valence-corrected chi connectivity index (χ1v) is 16.6. The molecular weight excluding hydrogens is 657 g/mol. The molecule has 3 rings (SSSR count). The lowest BCUT2D eigenvalue weighted by atomic mass is 10.1. The third kappa shape index (κ3) is 8.48. The molecule has 0 heterocycles. The molecule has 14 heteroatoms. The molecule has 0 saturated heterocycles. The fourth-order valence-corrected chi connectivity index (χ4v) is 6.53. The maximum atomic E-state index is 14.4. The van der Waals surface area contributed by atoms with Gasteiger partial charge >= 0.3 is 0 Å². The minimum absolute atomic E-state index is 0.0285. The molecule has 1 N–H and O–H groups in total. The molecule has 250 valence electrons. The summed E-state index contributed by atoms with van der Waals surface area (Å²) >= 11 is 12.9. The van der Waals surface area contributed by atoms with Gasteiger partial charge < -0.3 is 29.2 Å². The predicted octanol–water partition coefficient (Wildman–Crippen LogP) is 5.56. The Morgan fingerprint density at radius 2 is 1.50 bits per heavy atom. The van der Waals surface area contributed by atoms with Crippen molar-refractivity contribution in [3.8, 4) is 23.0 Å². The fraction of sp³-hybridized carbons (Fsp3) is 0.375. The van der Waals surface area contributed by atoms with Gasteiger partial charge in [0.2, 0.25) is 11.8 Å². The van der Waals surface area contributed by atoms with Crippen LogP contribution in [0.4, 0.5) is 5.69 Å². The van der Waals surface area contributed by atoms with Gasteiger partial charge in [-0.2, -0.15) is 0 Å². The summed E-state index contributed by atoms with van der Waals surface area (Å²) in [5, 5.41) is 3.41. The minimum atomic E-state index is -4.49. The van der Waals surface area contributed by atoms with Gasteiger partial charge in [0.25, 0.3) is 10.0 Å². The van der Waals surface area contributed by atoms with Gasteiger partial charge in [0.1, 0.15) is 24.1 Å². The zero-order chi connectivity index (χ0) is 34.0. The maximum Gasteiger partial charge on any atom is 0.265 e. The predicted molar refractivity (Wildman–Crippen MR) is 178 cm³/mol. The van der Waals surface area contributed by atoms with Crippen molar-refractivity contribution in [1.29, 1.82) is 0 Å². The molecule has 0 aliphatic carbocycles. The van der Waals surface area contributed by atoms with Crippen LogP contribution in [0.25, 0.3) is 0 Å². The van der Waals surface area contributed by atoms with E-state index in [9.17, 15) is 18.0 Å². The van der Waals surface area contributed by atoms with Crippen molar-refractivity contribution in [3.63, 3.8) is 0 Å². The average Bonchev–Trinajstić information content (AvgIpc) is 3.05. The highest BCUT2D eigenvalue weighted by molar-refractivity contribution is 7.92. The second-order valence-corrected chi connectivity index (χ2v) is 12.8. The number of rotatable bonds is 16. The van der Waals surface area contributed by atoms with Gasteiger partial charge in [0.15, 0.2) is 11.5 Å². The summed E-state index contributed by atoms with van der Waals surface area (Å²) < 4.78 is 51.2. The van der Waals surface area contributed by atoms with Crippen LogP contribution < -0.4 is 28.6 Å². The molecule has 2 amide bonds. The van der Waals surface area contributed by atoms with Gasteiger partial charge in [0, 0.05) is 40.8 Å². The topological polar surface area (TPSA) is 124 Å². The number of unbranched alkanes of at least 4 members (excludes halogenated alkanes) is 1. The Bertz CT molecular complexity index is 1620. The zero-order valence-corrected chi connectivity index (χ0v) is 29.0. The van der Waals surface area contributed by atoms with Crippen molar-refractivity contribution >= 4 is 50.7 Å². The van der Waals surface area contributed by atoms with Crippen LogP contribution in [-0.4, -0.2) is 72.7 Å². The van der Waals surface area contributed by atoms with Crippen molar-refractivity contribution in [1.82, 2.24) is 10.2 Å². The molecule has 0 aromatic heterocycles. The van der Waals surface area contributed by atoms with E-state index in [0.717, 1.165) is 17.1 Å². The zero-order valence-electron chi connectivity index (χ0n) is 26.6. The van der Waals surface area contributed by atoms with Crippen molar-refractivity contribution in [2.75, 3.05) is 45.8 Å². The quantitative estimate of drug-likeness (QED) is 0.193. The Hall–Kier alpha value is -3.87. The number of anilines is 1. The van der Waals surface area contributed by atoms with Gasteiger partial charge in [-0.05, 0) is 49.7 Å². The molecular formula is C32H39Cl2N3O8S. The number of halogens is 2. The Morgan fingerprint density at radius 3 is 2.09 bits per heavy atom. The first-order valence-electron chi connectivity index (χ1n) is 14.4. The highest BCUT2D eigenvalue weighted by Crippen LogP contribution is 2.38. The number of hydrogen-bond acceptors (Lipinski definition) is 8. The Balaban J connectivity index is 2.18. The number of carbonyl (C=O) groups excluding carboxylic acids is 2.